The molecule has 0 saturated heterocycles. The molecule has 8 heteroatoms. The van der Waals surface area contributed by atoms with Crippen molar-refractivity contribution in [3.05, 3.63) is 39.9 Å². The highest BCUT2D eigenvalue weighted by Crippen LogP contribution is 2.30. The fourth-order valence-electron chi connectivity index (χ4n) is 1.17. The lowest BCUT2D eigenvalue weighted by Gasteiger charge is -2.08. The number of aromatic nitrogens is 2. The van der Waals surface area contributed by atoms with Gasteiger partial charge in [-0.2, -0.15) is 13.2 Å². The summed E-state index contributed by atoms with van der Waals surface area (Å²) in [5, 5.41) is 3.72. The standard InChI is InChI=1S/C10H6ClF3N2OS/c11-9-8(15-16-18-9)5-17-7-3-1-6(2-4-7)10(12,13)14/h1-4H,5H2. The molecule has 0 aliphatic heterocycles. The van der Waals surface area contributed by atoms with Crippen LogP contribution in [0.25, 0.3) is 0 Å². The molecule has 0 atom stereocenters. The number of ether oxygens (including phenoxy) is 1. The number of benzene rings is 1. The van der Waals surface area contributed by atoms with Crippen molar-refractivity contribution < 1.29 is 17.9 Å². The molecule has 96 valence electrons. The van der Waals surface area contributed by atoms with Gasteiger partial charge in [-0.15, -0.1) is 5.10 Å². The van der Waals surface area contributed by atoms with Gasteiger partial charge in [-0.3, -0.25) is 0 Å². The average molecular weight is 295 g/mol. The minimum absolute atomic E-state index is 0.0701. The van der Waals surface area contributed by atoms with Crippen LogP contribution in [0.3, 0.4) is 0 Å². The van der Waals surface area contributed by atoms with E-state index in [0.29, 0.717) is 15.8 Å². The fourth-order valence-corrected chi connectivity index (χ4v) is 1.78. The second-order valence-corrected chi connectivity index (χ2v) is 4.66. The van der Waals surface area contributed by atoms with Gasteiger partial charge < -0.3 is 4.74 Å². The highest BCUT2D eigenvalue weighted by atomic mass is 35.5. The summed E-state index contributed by atoms with van der Waals surface area (Å²) in [4.78, 5) is 0. The zero-order valence-electron chi connectivity index (χ0n) is 8.74. The molecule has 1 aromatic heterocycles. The van der Waals surface area contributed by atoms with Gasteiger partial charge in [-0.1, -0.05) is 16.1 Å². The Morgan fingerprint density at radius 1 is 1.22 bits per heavy atom. The highest BCUT2D eigenvalue weighted by molar-refractivity contribution is 7.10. The SMILES string of the molecule is FC(F)(F)c1ccc(OCc2nnsc2Cl)cc1. The summed E-state index contributed by atoms with van der Waals surface area (Å²) >= 11 is 6.78. The van der Waals surface area contributed by atoms with Crippen LogP contribution < -0.4 is 4.74 Å². The first-order valence-electron chi connectivity index (χ1n) is 4.73. The topological polar surface area (TPSA) is 35.0 Å². The zero-order valence-corrected chi connectivity index (χ0v) is 10.3. The molecule has 0 aliphatic rings. The van der Waals surface area contributed by atoms with Crippen LogP contribution in [0.4, 0.5) is 13.2 Å². The molecular weight excluding hydrogens is 289 g/mol. The molecule has 1 aromatic carbocycles. The lowest BCUT2D eigenvalue weighted by molar-refractivity contribution is -0.137. The lowest BCUT2D eigenvalue weighted by atomic mass is 10.2. The highest BCUT2D eigenvalue weighted by Gasteiger charge is 2.30. The Kier molecular flexibility index (Phi) is 3.72. The van der Waals surface area contributed by atoms with Crippen molar-refractivity contribution in [2.24, 2.45) is 0 Å². The maximum atomic E-state index is 12.3. The molecule has 0 N–H and O–H groups in total. The molecular formula is C10H6ClF3N2OS. The van der Waals surface area contributed by atoms with Crippen LogP contribution in [0.2, 0.25) is 4.34 Å². The summed E-state index contributed by atoms with van der Waals surface area (Å²) in [7, 11) is 0. The van der Waals surface area contributed by atoms with E-state index in [1.54, 1.807) is 0 Å². The first kappa shape index (κ1) is 13.1. The van der Waals surface area contributed by atoms with Gasteiger partial charge in [0.1, 0.15) is 22.4 Å². The minimum Gasteiger partial charge on any atom is -0.487 e. The maximum absolute atomic E-state index is 12.3. The summed E-state index contributed by atoms with van der Waals surface area (Å²) < 4.78 is 46.2. The Balaban J connectivity index is 2.01. The first-order valence-corrected chi connectivity index (χ1v) is 5.89. The Hall–Kier alpha value is -1.34. The first-order chi connectivity index (χ1) is 8.47. The second-order valence-electron chi connectivity index (χ2n) is 3.30. The summed E-state index contributed by atoms with van der Waals surface area (Å²) in [5.41, 5.74) is -0.259. The quantitative estimate of drug-likeness (QED) is 0.864. The Morgan fingerprint density at radius 3 is 2.39 bits per heavy atom. The Bertz CT molecular complexity index is 527. The van der Waals surface area contributed by atoms with E-state index in [1.165, 1.54) is 12.1 Å². The third-order valence-electron chi connectivity index (χ3n) is 2.07. The largest absolute Gasteiger partial charge is 0.487 e. The van der Waals surface area contributed by atoms with Crippen LogP contribution in [-0.2, 0) is 12.8 Å². The lowest BCUT2D eigenvalue weighted by Crippen LogP contribution is -2.04. The van der Waals surface area contributed by atoms with E-state index in [9.17, 15) is 13.2 Å². The van der Waals surface area contributed by atoms with Gasteiger partial charge in [-0.25, -0.2) is 0 Å². The molecule has 3 nitrogen and oxygen atoms in total. The van der Waals surface area contributed by atoms with Gasteiger partial charge in [0.15, 0.2) is 0 Å². The van der Waals surface area contributed by atoms with Crippen molar-refractivity contribution in [3.63, 3.8) is 0 Å². The number of hydrogen-bond donors (Lipinski definition) is 0. The molecule has 1 heterocycles. The van der Waals surface area contributed by atoms with Crippen LogP contribution >= 0.6 is 23.1 Å². The summed E-state index contributed by atoms with van der Waals surface area (Å²) in [6.45, 7) is 0.0701. The van der Waals surface area contributed by atoms with Crippen molar-refractivity contribution in [3.8, 4) is 5.75 Å². The van der Waals surface area contributed by atoms with Gasteiger partial charge in [-0.05, 0) is 24.3 Å². The Morgan fingerprint density at radius 2 is 1.89 bits per heavy atom. The number of rotatable bonds is 3. The van der Waals surface area contributed by atoms with E-state index in [2.05, 4.69) is 9.59 Å². The number of hydrogen-bond acceptors (Lipinski definition) is 4. The van der Waals surface area contributed by atoms with Crippen LogP contribution in [0.15, 0.2) is 24.3 Å². The predicted octanol–water partition coefficient (Wildman–Crippen LogP) is 3.79. The summed E-state index contributed by atoms with van der Waals surface area (Å²) in [5.74, 6) is 0.312. The molecule has 2 aromatic rings. The number of halogens is 4. The second kappa shape index (κ2) is 5.11. The maximum Gasteiger partial charge on any atom is 0.416 e. The van der Waals surface area contributed by atoms with Crippen molar-refractivity contribution >= 4 is 23.1 Å². The van der Waals surface area contributed by atoms with Gasteiger partial charge >= 0.3 is 6.18 Å². The molecule has 2 rings (SSSR count). The molecule has 0 saturated carbocycles. The van der Waals surface area contributed by atoms with E-state index >= 15 is 0 Å². The average Bonchev–Trinajstić information content (AvgIpc) is 2.72. The molecule has 0 amide bonds. The number of nitrogens with zero attached hydrogens (tertiary/aromatic N) is 2. The van der Waals surface area contributed by atoms with Crippen molar-refractivity contribution in [1.29, 1.82) is 0 Å². The van der Waals surface area contributed by atoms with E-state index in [-0.39, 0.29) is 6.61 Å². The third kappa shape index (κ3) is 3.11. The molecule has 0 aliphatic carbocycles. The van der Waals surface area contributed by atoms with E-state index in [1.807, 2.05) is 0 Å². The van der Waals surface area contributed by atoms with Gasteiger partial charge in [0.25, 0.3) is 0 Å². The van der Waals surface area contributed by atoms with Crippen molar-refractivity contribution in [2.45, 2.75) is 12.8 Å². The van der Waals surface area contributed by atoms with Crippen molar-refractivity contribution in [1.82, 2.24) is 9.59 Å². The van der Waals surface area contributed by atoms with E-state index < -0.39 is 11.7 Å². The summed E-state index contributed by atoms with van der Waals surface area (Å²) in [6.07, 6.45) is -4.35. The molecule has 0 spiro atoms. The minimum atomic E-state index is -4.35. The molecule has 0 fully saturated rings. The molecule has 0 radical (unpaired) electrons. The van der Waals surface area contributed by atoms with Crippen LogP contribution in [-0.4, -0.2) is 9.59 Å². The van der Waals surface area contributed by atoms with Crippen molar-refractivity contribution in [2.75, 3.05) is 0 Å². The van der Waals surface area contributed by atoms with Crippen LogP contribution in [0.5, 0.6) is 5.75 Å². The predicted molar refractivity (Wildman–Crippen MR) is 60.7 cm³/mol. The van der Waals surface area contributed by atoms with Crippen LogP contribution in [0.1, 0.15) is 11.3 Å². The normalized spacial score (nSPS) is 11.6. The monoisotopic (exact) mass is 294 g/mol. The molecule has 18 heavy (non-hydrogen) atoms. The van der Waals surface area contributed by atoms with Gasteiger partial charge in [0.2, 0.25) is 0 Å². The van der Waals surface area contributed by atoms with Crippen LogP contribution in [0, 0.1) is 0 Å². The van der Waals surface area contributed by atoms with E-state index in [0.717, 1.165) is 23.7 Å². The molecule has 0 unspecified atom stereocenters. The Labute approximate surface area is 109 Å². The van der Waals surface area contributed by atoms with Gasteiger partial charge in [0, 0.05) is 11.5 Å². The zero-order chi connectivity index (χ0) is 13.2. The summed E-state index contributed by atoms with van der Waals surface area (Å²) in [6, 6.07) is 4.40. The number of alkyl halides is 3. The molecule has 0 bridgehead atoms. The fraction of sp³-hybridized carbons (Fsp3) is 0.200. The third-order valence-corrected chi connectivity index (χ3v) is 3.05. The van der Waals surface area contributed by atoms with Gasteiger partial charge in [0.05, 0.1) is 5.56 Å². The smallest absolute Gasteiger partial charge is 0.416 e. The van der Waals surface area contributed by atoms with E-state index in [4.69, 9.17) is 16.3 Å².